The Labute approximate surface area is 161 Å². The van der Waals surface area contributed by atoms with E-state index in [1.807, 2.05) is 0 Å². The summed E-state index contributed by atoms with van der Waals surface area (Å²) >= 11 is 8.77. The van der Waals surface area contributed by atoms with Gasteiger partial charge in [-0.2, -0.15) is 0 Å². The molecule has 7 nitrogen and oxygen atoms in total. The number of phenolic OH excluding ortho intramolecular Hbond substituents is 1. The van der Waals surface area contributed by atoms with E-state index in [1.165, 1.54) is 7.11 Å². The van der Waals surface area contributed by atoms with E-state index in [0.717, 1.165) is 31.4 Å². The lowest BCUT2D eigenvalue weighted by molar-refractivity contribution is 0.0597. The Morgan fingerprint density at radius 3 is 2.50 bits per heavy atom. The number of aromatic hydroxyl groups is 1. The van der Waals surface area contributed by atoms with Crippen molar-refractivity contribution in [2.45, 2.75) is 4.90 Å². The fraction of sp³-hybridized carbons (Fsp3) is 0.133. The van der Waals surface area contributed by atoms with Gasteiger partial charge in [-0.3, -0.25) is 4.72 Å². The minimum Gasteiger partial charge on any atom is -0.505 e. The van der Waals surface area contributed by atoms with Crippen molar-refractivity contribution in [1.29, 1.82) is 0 Å². The zero-order chi connectivity index (χ0) is 19.6. The zero-order valence-electron chi connectivity index (χ0n) is 13.3. The number of ether oxygens (including phenoxy) is 2. The first-order valence-electron chi connectivity index (χ1n) is 6.77. The number of sulfonamides is 1. The van der Waals surface area contributed by atoms with Crippen molar-refractivity contribution in [2.24, 2.45) is 0 Å². The molecule has 2 N–H and O–H groups in total. The van der Waals surface area contributed by atoms with E-state index in [-0.39, 0.29) is 26.5 Å². The third kappa shape index (κ3) is 4.02. The van der Waals surface area contributed by atoms with Crippen molar-refractivity contribution in [3.05, 3.63) is 45.1 Å². The molecule has 0 aliphatic heterocycles. The van der Waals surface area contributed by atoms with Gasteiger partial charge in [0.15, 0.2) is 5.75 Å². The number of carbonyl (C=O) groups excluding carboxylic acids is 1. The molecule has 0 radical (unpaired) electrons. The number of esters is 1. The largest absolute Gasteiger partial charge is 0.505 e. The highest BCUT2D eigenvalue weighted by Gasteiger charge is 2.25. The van der Waals surface area contributed by atoms with Crippen LogP contribution < -0.4 is 9.46 Å². The lowest BCUT2D eigenvalue weighted by Crippen LogP contribution is -2.15. The summed E-state index contributed by atoms with van der Waals surface area (Å²) in [5.74, 6) is -2.56. The molecule has 0 heterocycles. The summed E-state index contributed by atoms with van der Waals surface area (Å²) in [4.78, 5) is 11.3. The van der Waals surface area contributed by atoms with Crippen LogP contribution in [0.4, 0.5) is 10.1 Å². The van der Waals surface area contributed by atoms with Crippen LogP contribution in [0, 0.1) is 5.82 Å². The summed E-state index contributed by atoms with van der Waals surface area (Å²) < 4.78 is 50.3. The van der Waals surface area contributed by atoms with Crippen molar-refractivity contribution in [3.8, 4) is 11.5 Å². The molecule has 0 aliphatic carbocycles. The Morgan fingerprint density at radius 1 is 1.27 bits per heavy atom. The van der Waals surface area contributed by atoms with E-state index in [2.05, 4.69) is 25.4 Å². The summed E-state index contributed by atoms with van der Waals surface area (Å²) in [7, 11) is -2.06. The smallest absolute Gasteiger partial charge is 0.341 e. The number of methoxy groups -OCH3 is 2. The van der Waals surface area contributed by atoms with Gasteiger partial charge in [0.2, 0.25) is 0 Å². The predicted molar refractivity (Wildman–Crippen MR) is 95.9 cm³/mol. The Balaban J connectivity index is 2.57. The molecule has 0 saturated heterocycles. The molecule has 0 aliphatic rings. The molecule has 0 aromatic heterocycles. The maximum Gasteiger partial charge on any atom is 0.341 e. The number of hydrogen-bond donors (Lipinski definition) is 2. The van der Waals surface area contributed by atoms with Gasteiger partial charge >= 0.3 is 5.97 Å². The van der Waals surface area contributed by atoms with E-state index in [1.54, 1.807) is 0 Å². The van der Waals surface area contributed by atoms with Gasteiger partial charge in [-0.1, -0.05) is 11.6 Å². The van der Waals surface area contributed by atoms with Crippen LogP contribution in [0.2, 0.25) is 5.02 Å². The van der Waals surface area contributed by atoms with Crippen LogP contribution in [0.15, 0.2) is 33.6 Å². The van der Waals surface area contributed by atoms with Crippen molar-refractivity contribution < 1.29 is 32.2 Å². The minimum atomic E-state index is -4.33. The molecule has 0 fully saturated rings. The number of nitrogens with one attached hydrogen (secondary N) is 1. The average molecular weight is 469 g/mol. The van der Waals surface area contributed by atoms with Crippen LogP contribution in [0.25, 0.3) is 0 Å². The molecule has 0 unspecified atom stereocenters. The number of rotatable bonds is 5. The predicted octanol–water partition coefficient (Wildman–Crippen LogP) is 3.54. The molecule has 11 heteroatoms. The number of anilines is 1. The van der Waals surface area contributed by atoms with Gasteiger partial charge in [-0.05, 0) is 34.1 Å². The quantitative estimate of drug-likeness (QED) is 0.514. The first-order chi connectivity index (χ1) is 12.1. The summed E-state index contributed by atoms with van der Waals surface area (Å²) in [5.41, 5.74) is -0.689. The van der Waals surface area contributed by atoms with Gasteiger partial charge < -0.3 is 14.6 Å². The summed E-state index contributed by atoms with van der Waals surface area (Å²) in [6.45, 7) is 0. The number of benzene rings is 2. The number of halogens is 3. The van der Waals surface area contributed by atoms with Gasteiger partial charge in [-0.15, -0.1) is 0 Å². The Hall–Kier alpha value is -2.04. The topological polar surface area (TPSA) is 102 Å². The standard InChI is InChI=1S/C15H12BrClFNO6S/c1-24-12-6-10(18)9(16)5-13(12)26(22,23)19-11-4-7(17)3-8(14(11)20)15(21)25-2/h3-6,19-20H,1-2H3. The van der Waals surface area contributed by atoms with Gasteiger partial charge in [0, 0.05) is 11.1 Å². The SMILES string of the molecule is COC(=O)c1cc(Cl)cc(NS(=O)(=O)c2cc(Br)c(F)cc2OC)c1O. The zero-order valence-corrected chi connectivity index (χ0v) is 16.5. The Morgan fingerprint density at radius 2 is 1.92 bits per heavy atom. The second kappa shape index (κ2) is 7.68. The Kier molecular flexibility index (Phi) is 5.99. The molecule has 0 amide bonds. The fourth-order valence-corrected chi connectivity index (χ4v) is 3.97. The lowest BCUT2D eigenvalue weighted by Gasteiger charge is -2.15. The summed E-state index contributed by atoms with van der Waals surface area (Å²) in [5, 5.41) is 10.1. The molecular formula is C15H12BrClFNO6S. The molecular weight excluding hydrogens is 457 g/mol. The molecule has 2 rings (SSSR count). The maximum absolute atomic E-state index is 13.6. The van der Waals surface area contributed by atoms with Crippen LogP contribution in [0.5, 0.6) is 11.5 Å². The fourth-order valence-electron chi connectivity index (χ4n) is 2.02. The molecule has 140 valence electrons. The van der Waals surface area contributed by atoms with Crippen molar-refractivity contribution in [1.82, 2.24) is 0 Å². The molecule has 0 saturated carbocycles. The third-order valence-corrected chi connectivity index (χ3v) is 5.43. The van der Waals surface area contributed by atoms with Gasteiger partial charge in [0.25, 0.3) is 10.0 Å². The van der Waals surface area contributed by atoms with Gasteiger partial charge in [0.1, 0.15) is 22.0 Å². The van der Waals surface area contributed by atoms with E-state index in [9.17, 15) is 22.7 Å². The number of carbonyl (C=O) groups is 1. The van der Waals surface area contributed by atoms with Crippen molar-refractivity contribution in [2.75, 3.05) is 18.9 Å². The van der Waals surface area contributed by atoms with E-state index in [4.69, 9.17) is 16.3 Å². The van der Waals surface area contributed by atoms with Crippen LogP contribution in [0.1, 0.15) is 10.4 Å². The highest BCUT2D eigenvalue weighted by Crippen LogP contribution is 2.36. The first kappa shape index (κ1) is 20.3. The number of hydrogen-bond acceptors (Lipinski definition) is 6. The van der Waals surface area contributed by atoms with E-state index >= 15 is 0 Å². The summed E-state index contributed by atoms with van der Waals surface area (Å²) in [6.07, 6.45) is 0. The molecule has 2 aromatic rings. The first-order valence-corrected chi connectivity index (χ1v) is 9.42. The Bertz CT molecular complexity index is 983. The monoisotopic (exact) mass is 467 g/mol. The van der Waals surface area contributed by atoms with Gasteiger partial charge in [-0.25, -0.2) is 17.6 Å². The van der Waals surface area contributed by atoms with Crippen molar-refractivity contribution in [3.63, 3.8) is 0 Å². The maximum atomic E-state index is 13.6. The number of phenols is 1. The second-order valence-electron chi connectivity index (χ2n) is 4.86. The van der Waals surface area contributed by atoms with Crippen LogP contribution in [-0.4, -0.2) is 33.7 Å². The van der Waals surface area contributed by atoms with Crippen LogP contribution in [0.3, 0.4) is 0 Å². The van der Waals surface area contributed by atoms with Crippen LogP contribution >= 0.6 is 27.5 Å². The van der Waals surface area contributed by atoms with Crippen LogP contribution in [-0.2, 0) is 14.8 Å². The molecule has 0 atom stereocenters. The normalized spacial score (nSPS) is 11.1. The highest BCUT2D eigenvalue weighted by molar-refractivity contribution is 9.10. The second-order valence-corrected chi connectivity index (χ2v) is 7.81. The molecule has 0 spiro atoms. The lowest BCUT2D eigenvalue weighted by atomic mass is 10.2. The molecule has 0 bridgehead atoms. The van der Waals surface area contributed by atoms with E-state index < -0.39 is 32.5 Å². The molecule has 26 heavy (non-hydrogen) atoms. The van der Waals surface area contributed by atoms with Gasteiger partial charge in [0.05, 0.1) is 24.4 Å². The van der Waals surface area contributed by atoms with Crippen molar-refractivity contribution >= 4 is 49.2 Å². The summed E-state index contributed by atoms with van der Waals surface area (Å²) in [6, 6.07) is 4.11. The average Bonchev–Trinajstić information content (AvgIpc) is 2.58. The highest BCUT2D eigenvalue weighted by atomic mass is 79.9. The third-order valence-electron chi connectivity index (χ3n) is 3.22. The minimum absolute atomic E-state index is 0.0202. The molecule has 2 aromatic carbocycles. The van der Waals surface area contributed by atoms with E-state index in [0.29, 0.717) is 0 Å².